The van der Waals surface area contributed by atoms with Crippen molar-refractivity contribution in [1.82, 2.24) is 20.4 Å². The Morgan fingerprint density at radius 3 is 2.43 bits per heavy atom. The predicted octanol–water partition coefficient (Wildman–Crippen LogP) is 5.96. The summed E-state index contributed by atoms with van der Waals surface area (Å²) in [6, 6.07) is 18.5. The molecule has 0 aliphatic carbocycles. The lowest BCUT2D eigenvalue weighted by atomic mass is 10.0. The van der Waals surface area contributed by atoms with Crippen molar-refractivity contribution in [2.75, 3.05) is 11.4 Å². The average molecular weight is 402 g/mol. The molecule has 0 N–H and O–H groups in total. The summed E-state index contributed by atoms with van der Waals surface area (Å²) in [4.78, 5) is 6.80. The molecule has 0 radical (unpaired) electrons. The molecule has 4 aromatic rings. The SMILES string of the molecule is CCCCCCN(c1nc2ccccc2o1)c1nnnc(-c2ccccc2)c1CC. The first kappa shape index (κ1) is 20.0. The molecule has 154 valence electrons. The van der Waals surface area contributed by atoms with Crippen molar-refractivity contribution in [3.05, 3.63) is 60.2 Å². The second-order valence-corrected chi connectivity index (χ2v) is 7.34. The van der Waals surface area contributed by atoms with E-state index in [2.05, 4.69) is 46.3 Å². The number of benzene rings is 2. The third kappa shape index (κ3) is 4.17. The highest BCUT2D eigenvalue weighted by atomic mass is 16.4. The van der Waals surface area contributed by atoms with Crippen LogP contribution in [0.2, 0.25) is 0 Å². The van der Waals surface area contributed by atoms with E-state index < -0.39 is 0 Å². The van der Waals surface area contributed by atoms with E-state index in [4.69, 9.17) is 9.40 Å². The van der Waals surface area contributed by atoms with Crippen LogP contribution < -0.4 is 4.90 Å². The third-order valence-corrected chi connectivity index (χ3v) is 5.25. The number of hydrogen-bond donors (Lipinski definition) is 0. The van der Waals surface area contributed by atoms with Gasteiger partial charge in [-0.3, -0.25) is 4.90 Å². The average Bonchev–Trinajstić information content (AvgIpc) is 3.23. The van der Waals surface area contributed by atoms with Crippen LogP contribution >= 0.6 is 0 Å². The Bertz CT molecular complexity index is 1060. The second kappa shape index (κ2) is 9.48. The molecule has 0 unspecified atom stereocenters. The minimum absolute atomic E-state index is 0.557. The summed E-state index contributed by atoms with van der Waals surface area (Å²) in [7, 11) is 0. The maximum absolute atomic E-state index is 6.11. The third-order valence-electron chi connectivity index (χ3n) is 5.25. The van der Waals surface area contributed by atoms with Gasteiger partial charge in [0.25, 0.3) is 0 Å². The van der Waals surface area contributed by atoms with Gasteiger partial charge in [-0.1, -0.05) is 75.6 Å². The summed E-state index contributed by atoms with van der Waals surface area (Å²) >= 11 is 0. The van der Waals surface area contributed by atoms with E-state index in [0.717, 1.165) is 59.5 Å². The Balaban J connectivity index is 1.78. The quantitative estimate of drug-likeness (QED) is 0.322. The molecule has 0 aliphatic heterocycles. The molecule has 2 aromatic carbocycles. The molecule has 0 atom stereocenters. The number of rotatable bonds is 9. The monoisotopic (exact) mass is 401 g/mol. The minimum atomic E-state index is 0.557. The lowest BCUT2D eigenvalue weighted by Crippen LogP contribution is -2.23. The predicted molar refractivity (Wildman–Crippen MR) is 120 cm³/mol. The highest BCUT2D eigenvalue weighted by Gasteiger charge is 2.23. The van der Waals surface area contributed by atoms with Gasteiger partial charge in [-0.15, -0.1) is 10.2 Å². The first-order chi connectivity index (χ1) is 14.8. The van der Waals surface area contributed by atoms with E-state index in [1.54, 1.807) is 0 Å². The number of oxazole rings is 1. The van der Waals surface area contributed by atoms with Crippen molar-refractivity contribution in [3.63, 3.8) is 0 Å². The zero-order chi connectivity index (χ0) is 20.8. The molecule has 30 heavy (non-hydrogen) atoms. The van der Waals surface area contributed by atoms with E-state index in [1.807, 2.05) is 42.5 Å². The highest BCUT2D eigenvalue weighted by Crippen LogP contribution is 2.33. The van der Waals surface area contributed by atoms with Crippen LogP contribution in [-0.2, 0) is 6.42 Å². The van der Waals surface area contributed by atoms with Crippen LogP contribution in [-0.4, -0.2) is 26.9 Å². The van der Waals surface area contributed by atoms with Crippen LogP contribution in [0.15, 0.2) is 59.0 Å². The zero-order valence-corrected chi connectivity index (χ0v) is 17.6. The van der Waals surface area contributed by atoms with Gasteiger partial charge in [0.05, 0.1) is 0 Å². The molecule has 6 nitrogen and oxygen atoms in total. The van der Waals surface area contributed by atoms with E-state index in [1.165, 1.54) is 12.8 Å². The second-order valence-electron chi connectivity index (χ2n) is 7.34. The topological polar surface area (TPSA) is 67.9 Å². The van der Waals surface area contributed by atoms with Gasteiger partial charge in [0.1, 0.15) is 11.2 Å². The lowest BCUT2D eigenvalue weighted by Gasteiger charge is -2.22. The normalized spacial score (nSPS) is 11.1. The van der Waals surface area contributed by atoms with Gasteiger partial charge in [-0.05, 0) is 30.2 Å². The summed E-state index contributed by atoms with van der Waals surface area (Å²) in [5.74, 6) is 0.773. The van der Waals surface area contributed by atoms with E-state index in [9.17, 15) is 0 Å². The van der Waals surface area contributed by atoms with Crippen molar-refractivity contribution < 1.29 is 4.42 Å². The fourth-order valence-electron chi connectivity index (χ4n) is 3.67. The smallest absolute Gasteiger partial charge is 0.304 e. The van der Waals surface area contributed by atoms with Gasteiger partial charge in [0, 0.05) is 17.7 Å². The maximum atomic E-state index is 6.11. The number of hydrogen-bond acceptors (Lipinski definition) is 6. The van der Waals surface area contributed by atoms with Crippen LogP contribution in [0.25, 0.3) is 22.4 Å². The molecule has 6 heteroatoms. The lowest BCUT2D eigenvalue weighted by molar-refractivity contribution is 0.573. The number of fused-ring (bicyclic) bond motifs is 1. The van der Waals surface area contributed by atoms with Crippen molar-refractivity contribution in [1.29, 1.82) is 0 Å². The summed E-state index contributed by atoms with van der Waals surface area (Å²) < 4.78 is 6.11. The fraction of sp³-hybridized carbons (Fsp3) is 0.333. The van der Waals surface area contributed by atoms with Crippen LogP contribution in [0, 0.1) is 0 Å². The highest BCUT2D eigenvalue weighted by molar-refractivity contribution is 5.76. The van der Waals surface area contributed by atoms with Gasteiger partial charge < -0.3 is 4.42 Å². The molecule has 0 aliphatic rings. The number of nitrogens with zero attached hydrogens (tertiary/aromatic N) is 5. The van der Waals surface area contributed by atoms with E-state index >= 15 is 0 Å². The van der Waals surface area contributed by atoms with E-state index in [-0.39, 0.29) is 0 Å². The van der Waals surface area contributed by atoms with Crippen molar-refractivity contribution in [2.45, 2.75) is 46.0 Å². The van der Waals surface area contributed by atoms with Gasteiger partial charge in [0.15, 0.2) is 11.4 Å². The number of anilines is 2. The van der Waals surface area contributed by atoms with Gasteiger partial charge in [-0.2, -0.15) is 4.98 Å². The molecule has 0 amide bonds. The summed E-state index contributed by atoms with van der Waals surface area (Å²) in [6.07, 6.45) is 5.36. The maximum Gasteiger partial charge on any atom is 0.304 e. The van der Waals surface area contributed by atoms with Gasteiger partial charge >= 0.3 is 6.01 Å². The van der Waals surface area contributed by atoms with Crippen molar-refractivity contribution in [3.8, 4) is 11.3 Å². The minimum Gasteiger partial charge on any atom is -0.423 e. The number of unbranched alkanes of at least 4 members (excludes halogenated alkanes) is 3. The van der Waals surface area contributed by atoms with Crippen molar-refractivity contribution in [2.24, 2.45) is 0 Å². The fourth-order valence-corrected chi connectivity index (χ4v) is 3.67. The van der Waals surface area contributed by atoms with Crippen molar-refractivity contribution >= 4 is 22.9 Å². The standard InChI is InChI=1S/C24H27N5O/c1-3-5-6-12-17-29(24-25-20-15-10-11-16-21(20)30-24)23-19(4-2)22(26-28-27-23)18-13-8-7-9-14-18/h7-11,13-16H,3-6,12,17H2,1-2H3. The Hall–Kier alpha value is -3.28. The number of para-hydroxylation sites is 2. The molecule has 0 saturated heterocycles. The first-order valence-electron chi connectivity index (χ1n) is 10.7. The van der Waals surface area contributed by atoms with E-state index in [0.29, 0.717) is 6.01 Å². The molecule has 2 heterocycles. The van der Waals surface area contributed by atoms with Crippen LogP contribution in [0.3, 0.4) is 0 Å². The van der Waals surface area contributed by atoms with Crippen LogP contribution in [0.4, 0.5) is 11.8 Å². The Morgan fingerprint density at radius 1 is 0.867 bits per heavy atom. The van der Waals surface area contributed by atoms with Gasteiger partial charge in [-0.25, -0.2) is 0 Å². The Labute approximate surface area is 177 Å². The molecule has 0 bridgehead atoms. The molecule has 0 spiro atoms. The first-order valence-corrected chi connectivity index (χ1v) is 10.7. The zero-order valence-electron chi connectivity index (χ0n) is 17.6. The molecule has 2 aromatic heterocycles. The summed E-state index contributed by atoms with van der Waals surface area (Å²) in [6.45, 7) is 5.11. The molecule has 4 rings (SSSR count). The molecular formula is C24H27N5O. The van der Waals surface area contributed by atoms with Crippen LogP contribution in [0.1, 0.15) is 45.1 Å². The van der Waals surface area contributed by atoms with Gasteiger partial charge in [0.2, 0.25) is 0 Å². The van der Waals surface area contributed by atoms with Crippen LogP contribution in [0.5, 0.6) is 0 Å². The summed E-state index contributed by atoms with van der Waals surface area (Å²) in [5.41, 5.74) is 4.56. The molecular weight excluding hydrogens is 374 g/mol. The Morgan fingerprint density at radius 2 is 1.67 bits per heavy atom. The molecule has 0 saturated carbocycles. The largest absolute Gasteiger partial charge is 0.423 e. The summed E-state index contributed by atoms with van der Waals surface area (Å²) in [5, 5.41) is 12.9. The Kier molecular flexibility index (Phi) is 6.32. The molecule has 0 fully saturated rings. The number of aromatic nitrogens is 4.